The molecule has 0 atom stereocenters. The number of aromatic nitrogens is 1. The van der Waals surface area contributed by atoms with Crippen molar-refractivity contribution >= 4 is 10.9 Å². The van der Waals surface area contributed by atoms with Crippen LogP contribution in [0.2, 0.25) is 0 Å². The van der Waals surface area contributed by atoms with Crippen LogP contribution in [0.25, 0.3) is 10.9 Å². The van der Waals surface area contributed by atoms with Crippen molar-refractivity contribution in [3.05, 3.63) is 34.5 Å². The maximum Gasteiger partial charge on any atom is 0.0515 e. The number of nitrogens with zero attached hydrogens (tertiary/aromatic N) is 1. The molecule has 0 radical (unpaired) electrons. The second-order valence-electron chi connectivity index (χ2n) is 6.38. The number of benzene rings is 1. The molecule has 2 aromatic rings. The third kappa shape index (κ3) is 2.37. The van der Waals surface area contributed by atoms with Crippen LogP contribution in [0.3, 0.4) is 0 Å². The Hall–Kier alpha value is -1.28. The van der Waals surface area contributed by atoms with Gasteiger partial charge in [-0.15, -0.1) is 0 Å². The Bertz CT molecular complexity index is 633. The number of hydrogen-bond acceptors (Lipinski definition) is 1. The average Bonchev–Trinajstić information content (AvgIpc) is 3.21. The highest BCUT2D eigenvalue weighted by molar-refractivity contribution is 5.91. The number of rotatable bonds is 5. The van der Waals surface area contributed by atoms with Crippen molar-refractivity contribution in [2.75, 3.05) is 6.54 Å². The van der Waals surface area contributed by atoms with Crippen molar-refractivity contribution in [1.82, 2.24) is 9.88 Å². The minimum absolute atomic E-state index is 0.826. The van der Waals surface area contributed by atoms with E-state index in [2.05, 4.69) is 49.8 Å². The van der Waals surface area contributed by atoms with Crippen molar-refractivity contribution in [3.8, 4) is 0 Å². The van der Waals surface area contributed by atoms with Crippen molar-refractivity contribution in [3.63, 3.8) is 0 Å². The molecule has 0 spiro atoms. The highest BCUT2D eigenvalue weighted by atomic mass is 15.0. The van der Waals surface area contributed by atoms with E-state index >= 15 is 0 Å². The lowest BCUT2D eigenvalue weighted by Gasteiger charge is -2.06. The summed E-state index contributed by atoms with van der Waals surface area (Å²) in [7, 11) is 2.20. The quantitative estimate of drug-likeness (QED) is 0.818. The van der Waals surface area contributed by atoms with Crippen LogP contribution in [0.1, 0.15) is 41.6 Å². The topological polar surface area (TPSA) is 17.0 Å². The van der Waals surface area contributed by atoms with Gasteiger partial charge in [0, 0.05) is 24.2 Å². The van der Waals surface area contributed by atoms with Crippen LogP contribution in [0.4, 0.5) is 0 Å². The van der Waals surface area contributed by atoms with Gasteiger partial charge in [0.1, 0.15) is 0 Å². The van der Waals surface area contributed by atoms with Gasteiger partial charge in [0.2, 0.25) is 0 Å². The Labute approximate surface area is 122 Å². The minimum Gasteiger partial charge on any atom is -0.347 e. The summed E-state index contributed by atoms with van der Waals surface area (Å²) in [5, 5.41) is 5.12. The van der Waals surface area contributed by atoms with Crippen LogP contribution in [0, 0.1) is 20.8 Å². The molecular weight excluding hydrogens is 244 g/mol. The highest BCUT2D eigenvalue weighted by Crippen LogP contribution is 2.31. The normalized spacial score (nSPS) is 15.2. The molecule has 1 fully saturated rings. The van der Waals surface area contributed by atoms with Gasteiger partial charge in [-0.2, -0.15) is 0 Å². The van der Waals surface area contributed by atoms with Crippen LogP contribution in [-0.4, -0.2) is 17.2 Å². The summed E-state index contributed by atoms with van der Waals surface area (Å²) in [6.07, 6.45) is 5.19. The number of aryl methyl sites for hydroxylation is 4. The maximum atomic E-state index is 3.62. The van der Waals surface area contributed by atoms with Crippen LogP contribution in [0.15, 0.2) is 12.1 Å². The molecule has 1 N–H and O–H groups in total. The first-order chi connectivity index (χ1) is 9.59. The van der Waals surface area contributed by atoms with Gasteiger partial charge in [-0.1, -0.05) is 12.1 Å². The van der Waals surface area contributed by atoms with Crippen molar-refractivity contribution in [1.29, 1.82) is 0 Å². The van der Waals surface area contributed by atoms with Crippen molar-refractivity contribution < 1.29 is 0 Å². The van der Waals surface area contributed by atoms with E-state index in [0.29, 0.717) is 0 Å². The fourth-order valence-electron chi connectivity index (χ4n) is 3.33. The van der Waals surface area contributed by atoms with Gasteiger partial charge in [-0.3, -0.25) is 0 Å². The first-order valence-corrected chi connectivity index (χ1v) is 7.87. The SMILES string of the molecule is Cc1ccc(C)c2c1c(CCCNC1CC1)c(C)n2C. The fourth-order valence-corrected chi connectivity index (χ4v) is 3.33. The molecule has 0 saturated heterocycles. The minimum atomic E-state index is 0.826. The summed E-state index contributed by atoms with van der Waals surface area (Å²) in [6, 6.07) is 5.34. The summed E-state index contributed by atoms with van der Waals surface area (Å²) >= 11 is 0. The van der Waals surface area contributed by atoms with Crippen LogP contribution in [0.5, 0.6) is 0 Å². The lowest BCUT2D eigenvalue weighted by molar-refractivity contribution is 0.645. The molecular formula is C18H26N2. The molecule has 0 amide bonds. The van der Waals surface area contributed by atoms with E-state index in [1.54, 1.807) is 5.56 Å². The first-order valence-electron chi connectivity index (χ1n) is 7.87. The molecule has 108 valence electrons. The fraction of sp³-hybridized carbons (Fsp3) is 0.556. The van der Waals surface area contributed by atoms with Crippen LogP contribution in [-0.2, 0) is 13.5 Å². The van der Waals surface area contributed by atoms with Crippen molar-refractivity contribution in [2.24, 2.45) is 7.05 Å². The highest BCUT2D eigenvalue weighted by Gasteiger charge is 2.20. The summed E-state index contributed by atoms with van der Waals surface area (Å²) in [4.78, 5) is 0. The van der Waals surface area contributed by atoms with Gasteiger partial charge >= 0.3 is 0 Å². The largest absolute Gasteiger partial charge is 0.347 e. The Morgan fingerprint density at radius 3 is 2.55 bits per heavy atom. The van der Waals surface area contributed by atoms with Gasteiger partial charge in [-0.05, 0) is 69.7 Å². The average molecular weight is 270 g/mol. The summed E-state index contributed by atoms with van der Waals surface area (Å²) < 4.78 is 2.38. The van der Waals surface area contributed by atoms with Gasteiger partial charge < -0.3 is 9.88 Å². The molecule has 1 aliphatic carbocycles. The molecule has 3 rings (SSSR count). The molecule has 1 saturated carbocycles. The standard InChI is InChI=1S/C18H26N2/c1-12-7-8-13(2)18-17(12)16(14(3)20(18)4)6-5-11-19-15-9-10-15/h7-8,15,19H,5-6,9-11H2,1-4H3. The van der Waals surface area contributed by atoms with E-state index in [9.17, 15) is 0 Å². The molecule has 1 aliphatic rings. The van der Waals surface area contributed by atoms with Crippen molar-refractivity contribution in [2.45, 2.75) is 52.5 Å². The number of hydrogen-bond donors (Lipinski definition) is 1. The molecule has 2 nitrogen and oxygen atoms in total. The second kappa shape index (κ2) is 5.25. The molecule has 20 heavy (non-hydrogen) atoms. The Kier molecular flexibility index (Phi) is 3.59. The summed E-state index contributed by atoms with van der Waals surface area (Å²) in [5.74, 6) is 0. The zero-order chi connectivity index (χ0) is 14.3. The number of fused-ring (bicyclic) bond motifs is 1. The van der Waals surface area contributed by atoms with E-state index in [4.69, 9.17) is 0 Å². The van der Waals surface area contributed by atoms with Crippen LogP contribution >= 0.6 is 0 Å². The Balaban J connectivity index is 1.88. The predicted molar refractivity (Wildman–Crippen MR) is 86.5 cm³/mol. The van der Waals surface area contributed by atoms with E-state index in [1.807, 2.05) is 0 Å². The zero-order valence-corrected chi connectivity index (χ0v) is 13.2. The van der Waals surface area contributed by atoms with Gasteiger partial charge in [-0.25, -0.2) is 0 Å². The summed E-state index contributed by atoms with van der Waals surface area (Å²) in [6.45, 7) is 7.89. The monoisotopic (exact) mass is 270 g/mol. The van der Waals surface area contributed by atoms with E-state index < -0.39 is 0 Å². The first kappa shape index (κ1) is 13.7. The Morgan fingerprint density at radius 1 is 1.15 bits per heavy atom. The maximum absolute atomic E-state index is 3.62. The third-order valence-electron chi connectivity index (χ3n) is 4.78. The third-order valence-corrected chi connectivity index (χ3v) is 4.78. The smallest absolute Gasteiger partial charge is 0.0515 e. The van der Waals surface area contributed by atoms with E-state index in [1.165, 1.54) is 53.4 Å². The molecule has 1 aromatic carbocycles. The lowest BCUT2D eigenvalue weighted by Crippen LogP contribution is -2.17. The molecule has 0 aliphatic heterocycles. The second-order valence-corrected chi connectivity index (χ2v) is 6.38. The number of nitrogens with one attached hydrogen (secondary N) is 1. The van der Waals surface area contributed by atoms with Crippen LogP contribution < -0.4 is 5.32 Å². The summed E-state index contributed by atoms with van der Waals surface area (Å²) in [5.41, 5.74) is 7.22. The molecule has 1 aromatic heterocycles. The molecule has 1 heterocycles. The van der Waals surface area contributed by atoms with Gasteiger partial charge in [0.25, 0.3) is 0 Å². The zero-order valence-electron chi connectivity index (χ0n) is 13.2. The van der Waals surface area contributed by atoms with Gasteiger partial charge in [0.05, 0.1) is 5.52 Å². The van der Waals surface area contributed by atoms with Gasteiger partial charge in [0.15, 0.2) is 0 Å². The van der Waals surface area contributed by atoms with E-state index in [-0.39, 0.29) is 0 Å². The lowest BCUT2D eigenvalue weighted by atomic mass is 10.00. The predicted octanol–water partition coefficient (Wildman–Crippen LogP) is 3.79. The molecule has 2 heteroatoms. The molecule has 0 bridgehead atoms. The Morgan fingerprint density at radius 2 is 1.85 bits per heavy atom. The van der Waals surface area contributed by atoms with E-state index in [0.717, 1.165) is 12.6 Å². The molecule has 0 unspecified atom stereocenters.